The third kappa shape index (κ3) is 0.650. The average Bonchev–Trinajstić information content (AvgIpc) is 2.33. The first-order chi connectivity index (χ1) is 4.47. The number of aliphatic imine (C=N–C) groups is 2. The van der Waals surface area contributed by atoms with E-state index in [0.29, 0.717) is 6.67 Å². The summed E-state index contributed by atoms with van der Waals surface area (Å²) in [5, 5.41) is 3.14. The van der Waals surface area contributed by atoms with Crippen molar-refractivity contribution in [3.05, 3.63) is 11.3 Å². The number of nitrogens with one attached hydrogen (secondary N) is 1. The lowest BCUT2D eigenvalue weighted by Crippen LogP contribution is -2.19. The molecular weight excluding hydrogens is 114 g/mol. The van der Waals surface area contributed by atoms with Gasteiger partial charge < -0.3 is 5.32 Å². The lowest BCUT2D eigenvalue weighted by Gasteiger charge is -2.07. The first-order valence-corrected chi connectivity index (χ1v) is 2.93. The van der Waals surface area contributed by atoms with Crippen LogP contribution < -0.4 is 5.32 Å². The molecule has 0 saturated carbocycles. The van der Waals surface area contributed by atoms with E-state index < -0.39 is 0 Å². The fraction of sp³-hybridized carbons (Fsp3) is 0.333. The summed E-state index contributed by atoms with van der Waals surface area (Å²) in [5.41, 5.74) is 2.35. The summed E-state index contributed by atoms with van der Waals surface area (Å²) in [4.78, 5) is 8.11. The van der Waals surface area contributed by atoms with Crippen LogP contribution in [-0.2, 0) is 0 Å². The fourth-order valence-electron chi connectivity index (χ4n) is 0.959. The lowest BCUT2D eigenvalue weighted by molar-refractivity contribution is 0.800. The zero-order valence-corrected chi connectivity index (χ0v) is 4.96. The van der Waals surface area contributed by atoms with Gasteiger partial charge in [0.2, 0.25) is 0 Å². The highest BCUT2D eigenvalue weighted by Crippen LogP contribution is 2.06. The predicted molar refractivity (Wildman–Crippen MR) is 36.9 cm³/mol. The van der Waals surface area contributed by atoms with E-state index in [2.05, 4.69) is 15.3 Å². The lowest BCUT2D eigenvalue weighted by atomic mass is 10.2. The Morgan fingerprint density at radius 1 is 1.33 bits per heavy atom. The Morgan fingerprint density at radius 2 is 2.22 bits per heavy atom. The van der Waals surface area contributed by atoms with Crippen LogP contribution in [0.25, 0.3) is 0 Å². The Kier molecular flexibility index (Phi) is 0.886. The van der Waals surface area contributed by atoms with Crippen molar-refractivity contribution >= 4 is 12.4 Å². The van der Waals surface area contributed by atoms with E-state index in [1.807, 2.05) is 12.4 Å². The van der Waals surface area contributed by atoms with Crippen molar-refractivity contribution in [1.82, 2.24) is 5.32 Å². The summed E-state index contributed by atoms with van der Waals surface area (Å²) < 4.78 is 0. The van der Waals surface area contributed by atoms with Crippen LogP contribution in [0, 0.1) is 0 Å². The average molecular weight is 121 g/mol. The molecule has 46 valence electrons. The third-order valence-corrected chi connectivity index (χ3v) is 1.44. The number of nitrogens with zero attached hydrogens (tertiary/aromatic N) is 2. The Bertz CT molecular complexity index is 212. The van der Waals surface area contributed by atoms with Crippen molar-refractivity contribution in [2.45, 2.75) is 0 Å². The highest BCUT2D eigenvalue weighted by atomic mass is 15.1. The molecule has 0 fully saturated rings. The van der Waals surface area contributed by atoms with Crippen LogP contribution in [0.1, 0.15) is 0 Å². The molecule has 2 rings (SSSR count). The summed E-state index contributed by atoms with van der Waals surface area (Å²) in [7, 11) is 0. The van der Waals surface area contributed by atoms with Gasteiger partial charge in [0.1, 0.15) is 6.67 Å². The van der Waals surface area contributed by atoms with Crippen LogP contribution in [0.2, 0.25) is 0 Å². The summed E-state index contributed by atoms with van der Waals surface area (Å²) in [5.74, 6) is 0. The van der Waals surface area contributed by atoms with Crippen LogP contribution in [0.4, 0.5) is 0 Å². The quantitative estimate of drug-likeness (QED) is 0.479. The van der Waals surface area contributed by atoms with Crippen LogP contribution in [0.5, 0.6) is 0 Å². The van der Waals surface area contributed by atoms with Gasteiger partial charge in [-0.25, -0.2) is 0 Å². The van der Waals surface area contributed by atoms with E-state index in [1.54, 1.807) is 0 Å². The maximum absolute atomic E-state index is 4.08. The molecule has 0 unspecified atom stereocenters. The van der Waals surface area contributed by atoms with Crippen molar-refractivity contribution in [2.24, 2.45) is 9.98 Å². The van der Waals surface area contributed by atoms with Crippen molar-refractivity contribution < 1.29 is 0 Å². The molecule has 2 heterocycles. The molecule has 0 radical (unpaired) electrons. The fourth-order valence-corrected chi connectivity index (χ4v) is 0.959. The molecule has 1 N–H and O–H groups in total. The van der Waals surface area contributed by atoms with Gasteiger partial charge in [-0.3, -0.25) is 9.98 Å². The highest BCUT2D eigenvalue weighted by Gasteiger charge is 2.09. The van der Waals surface area contributed by atoms with Gasteiger partial charge in [-0.15, -0.1) is 0 Å². The first-order valence-electron chi connectivity index (χ1n) is 2.93. The van der Waals surface area contributed by atoms with Crippen molar-refractivity contribution in [1.29, 1.82) is 0 Å². The molecule has 9 heavy (non-hydrogen) atoms. The van der Waals surface area contributed by atoms with Gasteiger partial charge in [0.15, 0.2) is 0 Å². The Balaban J connectivity index is 2.35. The largest absolute Gasteiger partial charge is 0.368 e. The summed E-state index contributed by atoms with van der Waals surface area (Å²) >= 11 is 0. The van der Waals surface area contributed by atoms with Gasteiger partial charge in [0, 0.05) is 23.7 Å². The molecule has 0 atom stereocenters. The number of allylic oxidation sites excluding steroid dienone is 1. The monoisotopic (exact) mass is 121 g/mol. The second kappa shape index (κ2) is 1.69. The summed E-state index contributed by atoms with van der Waals surface area (Å²) in [6.45, 7) is 1.52. The number of rotatable bonds is 0. The Hall–Kier alpha value is -1.12. The first kappa shape index (κ1) is 4.73. The van der Waals surface area contributed by atoms with Gasteiger partial charge in [-0.2, -0.15) is 0 Å². The second-order valence-corrected chi connectivity index (χ2v) is 2.05. The Morgan fingerprint density at radius 3 is 3.11 bits per heavy atom. The molecule has 3 heteroatoms. The minimum Gasteiger partial charge on any atom is -0.368 e. The van der Waals surface area contributed by atoms with Gasteiger partial charge in [-0.05, 0) is 0 Å². The smallest absolute Gasteiger partial charge is 0.107 e. The molecule has 3 nitrogen and oxygen atoms in total. The topological polar surface area (TPSA) is 36.8 Å². The zero-order chi connectivity index (χ0) is 6.10. The van der Waals surface area contributed by atoms with Crippen LogP contribution in [0.15, 0.2) is 21.3 Å². The summed E-state index contributed by atoms with van der Waals surface area (Å²) in [6, 6.07) is 0. The maximum Gasteiger partial charge on any atom is 0.107 e. The molecule has 0 spiro atoms. The predicted octanol–water partition coefficient (Wildman–Crippen LogP) is -0.0436. The molecule has 0 bridgehead atoms. The maximum atomic E-state index is 4.08. The van der Waals surface area contributed by atoms with E-state index in [-0.39, 0.29) is 0 Å². The minimum absolute atomic E-state index is 0.711. The third-order valence-electron chi connectivity index (χ3n) is 1.44. The van der Waals surface area contributed by atoms with Crippen molar-refractivity contribution in [3.8, 4) is 0 Å². The van der Waals surface area contributed by atoms with Gasteiger partial charge in [0.25, 0.3) is 0 Å². The molecule has 0 aromatic carbocycles. The van der Waals surface area contributed by atoms with Crippen molar-refractivity contribution in [2.75, 3.05) is 13.2 Å². The summed E-state index contributed by atoms with van der Waals surface area (Å²) in [6.07, 6.45) is 3.72. The molecule has 0 aliphatic carbocycles. The van der Waals surface area contributed by atoms with E-state index in [4.69, 9.17) is 0 Å². The normalized spacial score (nSPS) is 22.2. The molecule has 0 aromatic rings. The molecule has 0 saturated heterocycles. The van der Waals surface area contributed by atoms with Gasteiger partial charge >= 0.3 is 0 Å². The number of hydrogen-bond donors (Lipinski definition) is 1. The highest BCUT2D eigenvalue weighted by molar-refractivity contribution is 6.06. The van der Waals surface area contributed by atoms with E-state index in [9.17, 15) is 0 Å². The molecule has 2 aliphatic rings. The van der Waals surface area contributed by atoms with E-state index >= 15 is 0 Å². The molecular formula is C6H7N3. The minimum atomic E-state index is 0.711. The molecule has 0 amide bonds. The Labute approximate surface area is 53.2 Å². The van der Waals surface area contributed by atoms with Crippen molar-refractivity contribution in [3.63, 3.8) is 0 Å². The molecule has 2 aliphatic heterocycles. The van der Waals surface area contributed by atoms with Gasteiger partial charge in [0.05, 0.1) is 6.54 Å². The molecule has 0 aromatic heterocycles. The van der Waals surface area contributed by atoms with E-state index in [1.165, 1.54) is 5.70 Å². The standard InChI is InChI=1S/C6H7N3/c1-5-2-8-4-9-6(5)3-7-1/h1-2,9H,3-4H2. The second-order valence-electron chi connectivity index (χ2n) is 2.05. The van der Waals surface area contributed by atoms with Crippen LogP contribution >= 0.6 is 0 Å². The van der Waals surface area contributed by atoms with Crippen LogP contribution in [-0.4, -0.2) is 25.6 Å². The zero-order valence-electron chi connectivity index (χ0n) is 4.96. The number of hydrogen-bond acceptors (Lipinski definition) is 3. The van der Waals surface area contributed by atoms with E-state index in [0.717, 1.165) is 12.1 Å². The SMILES string of the molecule is C1=NCNC2=C1C=NC2. The van der Waals surface area contributed by atoms with Gasteiger partial charge in [-0.1, -0.05) is 0 Å². The van der Waals surface area contributed by atoms with Crippen LogP contribution in [0.3, 0.4) is 0 Å².